The summed E-state index contributed by atoms with van der Waals surface area (Å²) in [6.45, 7) is 4.00. The monoisotopic (exact) mass is 426 g/mol. The van der Waals surface area contributed by atoms with E-state index in [4.69, 9.17) is 16.3 Å². The Kier molecular flexibility index (Phi) is 6.80. The fourth-order valence-corrected chi connectivity index (χ4v) is 4.57. The van der Waals surface area contributed by atoms with Crippen LogP contribution in [0.2, 0.25) is 5.02 Å². The van der Waals surface area contributed by atoms with Crippen LogP contribution >= 0.6 is 11.6 Å². The summed E-state index contributed by atoms with van der Waals surface area (Å²) in [6, 6.07) is 12.2. The highest BCUT2D eigenvalue weighted by Crippen LogP contribution is 2.24. The summed E-state index contributed by atoms with van der Waals surface area (Å²) >= 11 is 5.84. The fraction of sp³-hybridized carbons (Fsp3) is 0.400. The first-order chi connectivity index (χ1) is 13.4. The van der Waals surface area contributed by atoms with Gasteiger partial charge in [-0.3, -0.25) is 0 Å². The highest BCUT2D eigenvalue weighted by Gasteiger charge is 2.27. The zero-order valence-electron chi connectivity index (χ0n) is 15.8. The number of benzene rings is 2. The van der Waals surface area contributed by atoms with Crippen molar-refractivity contribution in [3.05, 3.63) is 58.9 Å². The van der Waals surface area contributed by atoms with E-state index in [1.807, 2.05) is 29.2 Å². The van der Waals surface area contributed by atoms with Crippen molar-refractivity contribution in [2.75, 3.05) is 43.4 Å². The van der Waals surface area contributed by atoms with E-state index in [0.717, 1.165) is 12.1 Å². The first kappa shape index (κ1) is 20.9. The SMILES string of the molecule is CCc1ccc(OCCS(=O)(=O)N2CCN(c3ccc(F)c(Cl)c3)CC2)cc1. The molecule has 0 N–H and O–H groups in total. The van der Waals surface area contributed by atoms with E-state index < -0.39 is 15.8 Å². The second kappa shape index (κ2) is 9.11. The average Bonchev–Trinajstić information content (AvgIpc) is 2.70. The zero-order valence-corrected chi connectivity index (χ0v) is 17.3. The number of halogens is 2. The molecule has 1 aliphatic heterocycles. The summed E-state index contributed by atoms with van der Waals surface area (Å²) in [6.07, 6.45) is 0.949. The normalized spacial score (nSPS) is 15.6. The highest BCUT2D eigenvalue weighted by molar-refractivity contribution is 7.89. The van der Waals surface area contributed by atoms with Gasteiger partial charge < -0.3 is 9.64 Å². The van der Waals surface area contributed by atoms with Crippen LogP contribution in [0.1, 0.15) is 12.5 Å². The summed E-state index contributed by atoms with van der Waals surface area (Å²) in [4.78, 5) is 2.00. The Balaban J connectivity index is 1.50. The molecule has 5 nitrogen and oxygen atoms in total. The van der Waals surface area contributed by atoms with E-state index in [0.29, 0.717) is 31.9 Å². The Labute approximate surface area is 170 Å². The summed E-state index contributed by atoms with van der Waals surface area (Å²) in [5.74, 6) is 0.145. The highest BCUT2D eigenvalue weighted by atomic mass is 35.5. The minimum atomic E-state index is -3.39. The van der Waals surface area contributed by atoms with Gasteiger partial charge in [0.2, 0.25) is 10.0 Å². The number of hydrogen-bond acceptors (Lipinski definition) is 4. The van der Waals surface area contributed by atoms with E-state index in [1.54, 1.807) is 12.1 Å². The lowest BCUT2D eigenvalue weighted by Gasteiger charge is -2.35. The van der Waals surface area contributed by atoms with Crippen molar-refractivity contribution in [2.24, 2.45) is 0 Å². The zero-order chi connectivity index (χ0) is 20.1. The number of anilines is 1. The van der Waals surface area contributed by atoms with E-state index in [1.165, 1.54) is 15.9 Å². The third kappa shape index (κ3) is 5.16. The van der Waals surface area contributed by atoms with Gasteiger partial charge in [-0.2, -0.15) is 4.31 Å². The molecule has 0 aliphatic carbocycles. The van der Waals surface area contributed by atoms with Crippen molar-refractivity contribution in [3.63, 3.8) is 0 Å². The number of ether oxygens (including phenoxy) is 1. The fourth-order valence-electron chi connectivity index (χ4n) is 3.12. The Bertz CT molecular complexity index is 898. The largest absolute Gasteiger partial charge is 0.492 e. The van der Waals surface area contributed by atoms with E-state index in [9.17, 15) is 12.8 Å². The molecule has 2 aromatic carbocycles. The molecule has 0 aromatic heterocycles. The smallest absolute Gasteiger partial charge is 0.217 e. The van der Waals surface area contributed by atoms with Gasteiger partial charge in [0, 0.05) is 31.9 Å². The molecule has 0 unspecified atom stereocenters. The van der Waals surface area contributed by atoms with Crippen LogP contribution in [0.4, 0.5) is 10.1 Å². The van der Waals surface area contributed by atoms with E-state index in [-0.39, 0.29) is 17.4 Å². The van der Waals surface area contributed by atoms with Gasteiger partial charge in [-0.05, 0) is 42.3 Å². The Morgan fingerprint density at radius 3 is 2.36 bits per heavy atom. The molecule has 0 atom stereocenters. The van der Waals surface area contributed by atoms with Crippen molar-refractivity contribution in [3.8, 4) is 5.75 Å². The summed E-state index contributed by atoms with van der Waals surface area (Å²) in [7, 11) is -3.39. The molecule has 28 heavy (non-hydrogen) atoms. The lowest BCUT2D eigenvalue weighted by Crippen LogP contribution is -2.49. The maximum atomic E-state index is 13.3. The molecule has 1 fully saturated rings. The minimum Gasteiger partial charge on any atom is -0.492 e. The molecule has 0 radical (unpaired) electrons. The van der Waals surface area contributed by atoms with Gasteiger partial charge in [-0.1, -0.05) is 30.7 Å². The standard InChI is InChI=1S/C20H24ClFN2O3S/c1-2-16-3-6-18(7-4-16)27-13-14-28(25,26)24-11-9-23(10-12-24)17-5-8-20(22)19(21)15-17/h3-8,15H,2,9-14H2,1H3. The maximum absolute atomic E-state index is 13.3. The van der Waals surface area contributed by atoms with Crippen LogP contribution in [0.25, 0.3) is 0 Å². The molecule has 1 saturated heterocycles. The summed E-state index contributed by atoms with van der Waals surface area (Å²) in [5, 5.41) is 0.0664. The minimum absolute atomic E-state index is 0.0646. The Morgan fingerprint density at radius 2 is 1.75 bits per heavy atom. The number of piperazine rings is 1. The molecule has 1 heterocycles. The van der Waals surface area contributed by atoms with Gasteiger partial charge in [0.15, 0.2) is 0 Å². The molecule has 8 heteroatoms. The predicted octanol–water partition coefficient (Wildman–Crippen LogP) is 3.57. The Morgan fingerprint density at radius 1 is 1.07 bits per heavy atom. The van der Waals surface area contributed by atoms with Gasteiger partial charge in [0.05, 0.1) is 10.8 Å². The lowest BCUT2D eigenvalue weighted by atomic mass is 10.2. The molecule has 2 aromatic rings. The Hall–Kier alpha value is -1.83. The van der Waals surface area contributed by atoms with Crippen LogP contribution in [0.15, 0.2) is 42.5 Å². The first-order valence-corrected chi connectivity index (χ1v) is 11.3. The van der Waals surface area contributed by atoms with Gasteiger partial charge >= 0.3 is 0 Å². The number of rotatable bonds is 7. The second-order valence-electron chi connectivity index (χ2n) is 6.65. The van der Waals surface area contributed by atoms with Gasteiger partial charge in [0.25, 0.3) is 0 Å². The van der Waals surface area contributed by atoms with E-state index >= 15 is 0 Å². The van der Waals surface area contributed by atoms with Crippen molar-refractivity contribution >= 4 is 27.3 Å². The van der Waals surface area contributed by atoms with Gasteiger partial charge in [0.1, 0.15) is 18.2 Å². The van der Waals surface area contributed by atoms with E-state index in [2.05, 4.69) is 6.92 Å². The molecule has 0 saturated carbocycles. The molecule has 1 aliphatic rings. The second-order valence-corrected chi connectivity index (χ2v) is 9.14. The quantitative estimate of drug-likeness (QED) is 0.679. The molecule has 0 amide bonds. The van der Waals surface area contributed by atoms with Crippen LogP contribution in [-0.4, -0.2) is 51.3 Å². The summed E-state index contributed by atoms with van der Waals surface area (Å²) in [5.41, 5.74) is 2.00. The van der Waals surface area contributed by atoms with Crippen molar-refractivity contribution in [1.29, 1.82) is 0 Å². The average molecular weight is 427 g/mol. The summed E-state index contributed by atoms with van der Waals surface area (Å²) < 4.78 is 45.5. The maximum Gasteiger partial charge on any atom is 0.217 e. The van der Waals surface area contributed by atoms with Crippen LogP contribution in [-0.2, 0) is 16.4 Å². The lowest BCUT2D eigenvalue weighted by molar-refractivity contribution is 0.331. The molecular formula is C20H24ClFN2O3S. The molecular weight excluding hydrogens is 403 g/mol. The van der Waals surface area contributed by atoms with Crippen molar-refractivity contribution in [2.45, 2.75) is 13.3 Å². The van der Waals surface area contributed by atoms with Crippen LogP contribution in [0.3, 0.4) is 0 Å². The third-order valence-electron chi connectivity index (χ3n) is 4.84. The molecule has 152 valence electrons. The van der Waals surface area contributed by atoms with Crippen molar-refractivity contribution < 1.29 is 17.5 Å². The topological polar surface area (TPSA) is 49.9 Å². The van der Waals surface area contributed by atoms with Crippen molar-refractivity contribution in [1.82, 2.24) is 4.31 Å². The molecule has 3 rings (SSSR count). The molecule has 0 spiro atoms. The predicted molar refractivity (Wildman–Crippen MR) is 110 cm³/mol. The van der Waals surface area contributed by atoms with Gasteiger partial charge in [-0.15, -0.1) is 0 Å². The van der Waals surface area contributed by atoms with Crippen LogP contribution in [0, 0.1) is 5.82 Å². The molecule has 0 bridgehead atoms. The third-order valence-corrected chi connectivity index (χ3v) is 6.97. The van der Waals surface area contributed by atoms with Crippen LogP contribution < -0.4 is 9.64 Å². The number of nitrogens with zero attached hydrogens (tertiary/aromatic N) is 2. The number of aryl methyl sites for hydroxylation is 1. The van der Waals surface area contributed by atoms with Crippen LogP contribution in [0.5, 0.6) is 5.75 Å². The van der Waals surface area contributed by atoms with Gasteiger partial charge in [-0.25, -0.2) is 12.8 Å². The first-order valence-electron chi connectivity index (χ1n) is 9.28. The number of sulfonamides is 1. The number of hydrogen-bond donors (Lipinski definition) is 0.